The molecule has 0 radical (unpaired) electrons. The Morgan fingerprint density at radius 1 is 1.38 bits per heavy atom. The summed E-state index contributed by atoms with van der Waals surface area (Å²) in [4.78, 5) is -0.172. The molecule has 0 N–H and O–H groups in total. The van der Waals surface area contributed by atoms with E-state index < -0.39 is 22.1 Å². The minimum atomic E-state index is -4.84. The number of alkyl halides is 3. The molecule has 1 saturated heterocycles. The van der Waals surface area contributed by atoms with E-state index in [0.29, 0.717) is 19.0 Å². The zero-order chi connectivity index (χ0) is 15.5. The maximum atomic E-state index is 12.4. The van der Waals surface area contributed by atoms with Crippen LogP contribution in [0.2, 0.25) is 0 Å². The van der Waals surface area contributed by atoms with Gasteiger partial charge in [0.15, 0.2) is 0 Å². The van der Waals surface area contributed by atoms with Gasteiger partial charge in [0.1, 0.15) is 5.75 Å². The Hall–Kier alpha value is -1.28. The highest BCUT2D eigenvalue weighted by Gasteiger charge is 2.58. The molecule has 4 nitrogen and oxygen atoms in total. The van der Waals surface area contributed by atoms with Gasteiger partial charge in [0.2, 0.25) is 10.0 Å². The zero-order valence-corrected chi connectivity index (χ0v) is 12.0. The van der Waals surface area contributed by atoms with Crippen molar-refractivity contribution in [3.63, 3.8) is 0 Å². The molecule has 1 aromatic carbocycles. The van der Waals surface area contributed by atoms with Gasteiger partial charge in [0, 0.05) is 19.2 Å². The number of nitrogens with zero attached hydrogens (tertiary/aromatic N) is 1. The Labute approximate surface area is 120 Å². The van der Waals surface area contributed by atoms with Crippen molar-refractivity contribution in [1.29, 1.82) is 0 Å². The van der Waals surface area contributed by atoms with Gasteiger partial charge in [-0.05, 0) is 29.9 Å². The van der Waals surface area contributed by atoms with E-state index in [2.05, 4.69) is 4.74 Å². The molecule has 21 heavy (non-hydrogen) atoms. The van der Waals surface area contributed by atoms with Crippen molar-refractivity contribution in [2.75, 3.05) is 13.1 Å². The van der Waals surface area contributed by atoms with E-state index in [9.17, 15) is 21.6 Å². The average Bonchev–Trinajstić information content (AvgIpc) is 2.85. The van der Waals surface area contributed by atoms with Gasteiger partial charge in [-0.2, -0.15) is 4.31 Å². The summed E-state index contributed by atoms with van der Waals surface area (Å²) in [6.45, 7) is 2.88. The first kappa shape index (κ1) is 14.6. The van der Waals surface area contributed by atoms with E-state index in [1.54, 1.807) is 0 Å². The van der Waals surface area contributed by atoms with Crippen molar-refractivity contribution >= 4 is 10.0 Å². The third-order valence-corrected chi connectivity index (χ3v) is 5.98. The Morgan fingerprint density at radius 2 is 2.10 bits per heavy atom. The van der Waals surface area contributed by atoms with Crippen LogP contribution in [0.3, 0.4) is 0 Å². The summed E-state index contributed by atoms with van der Waals surface area (Å²) in [5, 5.41) is 0. The predicted octanol–water partition coefficient (Wildman–Crippen LogP) is 2.62. The summed E-state index contributed by atoms with van der Waals surface area (Å²) in [5.41, 5.74) is 0.0349. The molecule has 1 aliphatic carbocycles. The first-order chi connectivity index (χ1) is 9.60. The molecule has 1 saturated carbocycles. The number of halogens is 3. The van der Waals surface area contributed by atoms with Gasteiger partial charge in [0.05, 0.1) is 4.90 Å². The predicted molar refractivity (Wildman–Crippen MR) is 68.1 cm³/mol. The third kappa shape index (κ3) is 2.74. The molecule has 116 valence electrons. The van der Waals surface area contributed by atoms with Crippen LogP contribution >= 0.6 is 0 Å². The number of hydrogen-bond donors (Lipinski definition) is 0. The van der Waals surface area contributed by atoms with Gasteiger partial charge in [0.25, 0.3) is 0 Å². The zero-order valence-electron chi connectivity index (χ0n) is 11.2. The van der Waals surface area contributed by atoms with Gasteiger partial charge in [-0.1, -0.05) is 13.0 Å². The van der Waals surface area contributed by atoms with Crippen molar-refractivity contribution in [2.24, 2.45) is 11.3 Å². The molecule has 2 aliphatic rings. The van der Waals surface area contributed by atoms with Crippen LogP contribution in [0.5, 0.6) is 5.75 Å². The van der Waals surface area contributed by atoms with E-state index in [-0.39, 0.29) is 10.3 Å². The second kappa shape index (κ2) is 4.36. The first-order valence-corrected chi connectivity index (χ1v) is 7.90. The molecule has 1 aliphatic heterocycles. The number of sulfonamides is 1. The molecule has 2 fully saturated rings. The van der Waals surface area contributed by atoms with Gasteiger partial charge in [-0.25, -0.2) is 8.42 Å². The topological polar surface area (TPSA) is 46.6 Å². The Bertz CT molecular complexity index is 673. The van der Waals surface area contributed by atoms with E-state index in [4.69, 9.17) is 0 Å². The van der Waals surface area contributed by atoms with Gasteiger partial charge in [-0.15, -0.1) is 13.2 Å². The van der Waals surface area contributed by atoms with Crippen LogP contribution in [0.25, 0.3) is 0 Å². The van der Waals surface area contributed by atoms with E-state index in [0.717, 1.165) is 18.6 Å². The molecule has 0 spiro atoms. The second-order valence-electron chi connectivity index (χ2n) is 5.88. The first-order valence-electron chi connectivity index (χ1n) is 6.46. The van der Waals surface area contributed by atoms with Crippen LogP contribution in [-0.4, -0.2) is 32.2 Å². The van der Waals surface area contributed by atoms with Crippen molar-refractivity contribution < 1.29 is 26.3 Å². The SMILES string of the molecule is CC12CC1CN(S(=O)(=O)c1cccc(OC(F)(F)F)c1)C2. The summed E-state index contributed by atoms with van der Waals surface area (Å²) < 4.78 is 66.6. The number of hydrogen-bond acceptors (Lipinski definition) is 3. The largest absolute Gasteiger partial charge is 0.573 e. The average molecular weight is 321 g/mol. The molecule has 2 unspecified atom stereocenters. The minimum absolute atomic E-state index is 0.0349. The van der Waals surface area contributed by atoms with Gasteiger partial charge >= 0.3 is 6.36 Å². The van der Waals surface area contributed by atoms with Crippen LogP contribution < -0.4 is 4.74 Å². The molecule has 0 amide bonds. The summed E-state index contributed by atoms with van der Waals surface area (Å²) in [7, 11) is -3.77. The molecule has 3 rings (SSSR count). The number of piperidine rings is 1. The lowest BCUT2D eigenvalue weighted by Crippen LogP contribution is -2.31. The summed E-state index contributed by atoms with van der Waals surface area (Å²) >= 11 is 0. The van der Waals surface area contributed by atoms with Crippen LogP contribution in [0.1, 0.15) is 13.3 Å². The molecule has 8 heteroatoms. The maximum Gasteiger partial charge on any atom is 0.573 e. The molecule has 2 atom stereocenters. The normalized spacial score (nSPS) is 29.2. The Kier molecular flexibility index (Phi) is 3.04. The third-order valence-electron chi connectivity index (χ3n) is 4.18. The highest BCUT2D eigenvalue weighted by atomic mass is 32.2. The molecular formula is C13H14F3NO3S. The Balaban J connectivity index is 1.84. The van der Waals surface area contributed by atoms with Crippen molar-refractivity contribution in [3.8, 4) is 5.75 Å². The lowest BCUT2D eigenvalue weighted by Gasteiger charge is -2.19. The highest BCUT2D eigenvalue weighted by Crippen LogP contribution is 2.58. The number of rotatable bonds is 3. The molecule has 0 aromatic heterocycles. The molecular weight excluding hydrogens is 307 g/mol. The Morgan fingerprint density at radius 3 is 2.67 bits per heavy atom. The van der Waals surface area contributed by atoms with Crippen molar-refractivity contribution in [3.05, 3.63) is 24.3 Å². The van der Waals surface area contributed by atoms with Crippen LogP contribution in [0.15, 0.2) is 29.2 Å². The standard InChI is InChI=1S/C13H14F3NO3S/c1-12-6-9(12)7-17(8-12)21(18,19)11-4-2-3-10(5-11)20-13(14,15)16/h2-5,9H,6-8H2,1H3. The smallest absolute Gasteiger partial charge is 0.406 e. The fourth-order valence-electron chi connectivity index (χ4n) is 2.86. The number of fused-ring (bicyclic) bond motifs is 1. The summed E-state index contributed by atoms with van der Waals surface area (Å²) in [6, 6.07) is 4.52. The summed E-state index contributed by atoms with van der Waals surface area (Å²) in [6.07, 6.45) is -3.83. The lowest BCUT2D eigenvalue weighted by atomic mass is 10.1. The summed E-state index contributed by atoms with van der Waals surface area (Å²) in [5.74, 6) is -0.166. The molecule has 0 bridgehead atoms. The van der Waals surface area contributed by atoms with E-state index >= 15 is 0 Å². The van der Waals surface area contributed by atoms with Gasteiger partial charge in [-0.3, -0.25) is 0 Å². The second-order valence-corrected chi connectivity index (χ2v) is 7.81. The quantitative estimate of drug-likeness (QED) is 0.860. The minimum Gasteiger partial charge on any atom is -0.406 e. The van der Waals surface area contributed by atoms with Crippen LogP contribution in [0.4, 0.5) is 13.2 Å². The lowest BCUT2D eigenvalue weighted by molar-refractivity contribution is -0.274. The van der Waals surface area contributed by atoms with Crippen molar-refractivity contribution in [1.82, 2.24) is 4.31 Å². The highest BCUT2D eigenvalue weighted by molar-refractivity contribution is 7.89. The fourth-order valence-corrected chi connectivity index (χ4v) is 4.51. The monoisotopic (exact) mass is 321 g/mol. The number of ether oxygens (including phenoxy) is 1. The van der Waals surface area contributed by atoms with Gasteiger partial charge < -0.3 is 4.74 Å². The molecule has 1 aromatic rings. The van der Waals surface area contributed by atoms with Crippen molar-refractivity contribution in [2.45, 2.75) is 24.6 Å². The van der Waals surface area contributed by atoms with E-state index in [1.165, 1.54) is 16.4 Å². The van der Waals surface area contributed by atoms with Crippen LogP contribution in [-0.2, 0) is 10.0 Å². The molecule has 1 heterocycles. The van der Waals surface area contributed by atoms with E-state index in [1.807, 2.05) is 6.92 Å². The maximum absolute atomic E-state index is 12.4. The fraction of sp³-hybridized carbons (Fsp3) is 0.538. The number of benzene rings is 1. The van der Waals surface area contributed by atoms with Crippen LogP contribution in [0, 0.1) is 11.3 Å².